The van der Waals surface area contributed by atoms with Crippen molar-refractivity contribution in [2.75, 3.05) is 39.4 Å². The highest BCUT2D eigenvalue weighted by Crippen LogP contribution is 2.11. The number of hydrogen-bond acceptors (Lipinski definition) is 3. The van der Waals surface area contributed by atoms with Gasteiger partial charge in [-0.1, -0.05) is 23.8 Å². The van der Waals surface area contributed by atoms with Crippen LogP contribution in [-0.4, -0.2) is 50.2 Å². The third-order valence-electron chi connectivity index (χ3n) is 3.93. The van der Waals surface area contributed by atoms with E-state index in [1.807, 2.05) is 0 Å². The number of aryl methyl sites for hydroxylation is 2. The quantitative estimate of drug-likeness (QED) is 0.811. The van der Waals surface area contributed by atoms with Crippen molar-refractivity contribution in [1.82, 2.24) is 10.2 Å². The van der Waals surface area contributed by atoms with Crippen LogP contribution < -0.4 is 5.32 Å². The van der Waals surface area contributed by atoms with Crippen molar-refractivity contribution < 1.29 is 9.53 Å². The molecule has 0 saturated carbocycles. The average molecular weight is 290 g/mol. The summed E-state index contributed by atoms with van der Waals surface area (Å²) in [5, 5.41) is 3.02. The summed E-state index contributed by atoms with van der Waals surface area (Å²) in [4.78, 5) is 14.3. The lowest BCUT2D eigenvalue weighted by molar-refractivity contribution is -0.120. The summed E-state index contributed by atoms with van der Waals surface area (Å²) in [6.07, 6.45) is 1.47. The van der Waals surface area contributed by atoms with Crippen LogP contribution in [0.15, 0.2) is 18.2 Å². The molecule has 21 heavy (non-hydrogen) atoms. The van der Waals surface area contributed by atoms with Crippen LogP contribution in [0, 0.1) is 13.8 Å². The van der Waals surface area contributed by atoms with Gasteiger partial charge in [0.05, 0.1) is 19.6 Å². The first-order valence-corrected chi connectivity index (χ1v) is 7.78. The molecule has 1 fully saturated rings. The minimum Gasteiger partial charge on any atom is -0.379 e. The number of ether oxygens (including phenoxy) is 1. The second-order valence-electron chi connectivity index (χ2n) is 5.76. The SMILES string of the molecule is Cc1ccc(CC(=O)NCCCN2CCOCC2)c(C)c1. The first-order chi connectivity index (χ1) is 10.1. The number of rotatable bonds is 6. The van der Waals surface area contributed by atoms with Crippen LogP contribution in [0.5, 0.6) is 0 Å². The van der Waals surface area contributed by atoms with Crippen LogP contribution >= 0.6 is 0 Å². The Morgan fingerprint density at radius 1 is 1.29 bits per heavy atom. The van der Waals surface area contributed by atoms with Crippen LogP contribution in [0.2, 0.25) is 0 Å². The lowest BCUT2D eigenvalue weighted by Crippen LogP contribution is -2.38. The van der Waals surface area contributed by atoms with Gasteiger partial charge in [-0.25, -0.2) is 0 Å². The molecule has 0 bridgehead atoms. The third kappa shape index (κ3) is 5.48. The Balaban J connectivity index is 1.65. The molecule has 2 rings (SSSR count). The maximum atomic E-state index is 12.0. The Morgan fingerprint density at radius 2 is 2.05 bits per heavy atom. The molecule has 0 spiro atoms. The lowest BCUT2D eigenvalue weighted by atomic mass is 10.0. The standard InChI is InChI=1S/C17H26N2O2/c1-14-4-5-16(15(2)12-14)13-17(20)18-6-3-7-19-8-10-21-11-9-19/h4-5,12H,3,6-11,13H2,1-2H3,(H,18,20). The Labute approximate surface area is 127 Å². The number of benzene rings is 1. The van der Waals surface area contributed by atoms with Gasteiger partial charge in [0.1, 0.15) is 0 Å². The predicted octanol–water partition coefficient (Wildman–Crippen LogP) is 1.68. The summed E-state index contributed by atoms with van der Waals surface area (Å²) < 4.78 is 5.32. The summed E-state index contributed by atoms with van der Waals surface area (Å²) in [5.41, 5.74) is 3.55. The molecule has 0 aliphatic carbocycles. The molecule has 0 atom stereocenters. The van der Waals surface area contributed by atoms with Crippen LogP contribution in [0.1, 0.15) is 23.1 Å². The molecule has 4 nitrogen and oxygen atoms in total. The minimum absolute atomic E-state index is 0.115. The fraction of sp³-hybridized carbons (Fsp3) is 0.588. The zero-order chi connectivity index (χ0) is 15.1. The molecule has 1 amide bonds. The minimum atomic E-state index is 0.115. The molecule has 1 aromatic rings. The fourth-order valence-corrected chi connectivity index (χ4v) is 2.63. The molecule has 1 N–H and O–H groups in total. The van der Waals surface area contributed by atoms with Crippen molar-refractivity contribution in [3.63, 3.8) is 0 Å². The number of morpholine rings is 1. The number of nitrogens with one attached hydrogen (secondary N) is 1. The van der Waals surface area contributed by atoms with Crippen molar-refractivity contribution in [2.45, 2.75) is 26.7 Å². The smallest absolute Gasteiger partial charge is 0.224 e. The highest BCUT2D eigenvalue weighted by Gasteiger charge is 2.10. The van der Waals surface area contributed by atoms with Crippen LogP contribution in [0.3, 0.4) is 0 Å². The largest absolute Gasteiger partial charge is 0.379 e. The highest BCUT2D eigenvalue weighted by atomic mass is 16.5. The average Bonchev–Trinajstić information content (AvgIpc) is 2.48. The molecular formula is C17H26N2O2. The van der Waals surface area contributed by atoms with Gasteiger partial charge in [-0.2, -0.15) is 0 Å². The number of carbonyl (C=O) groups excluding carboxylic acids is 1. The van der Waals surface area contributed by atoms with Gasteiger partial charge in [0.15, 0.2) is 0 Å². The van der Waals surface area contributed by atoms with E-state index < -0.39 is 0 Å². The van der Waals surface area contributed by atoms with Crippen molar-refractivity contribution >= 4 is 5.91 Å². The third-order valence-corrected chi connectivity index (χ3v) is 3.93. The summed E-state index contributed by atoms with van der Waals surface area (Å²) in [7, 11) is 0. The molecule has 116 valence electrons. The van der Waals surface area contributed by atoms with Gasteiger partial charge in [0.25, 0.3) is 0 Å². The predicted molar refractivity (Wildman–Crippen MR) is 84.5 cm³/mol. The summed E-state index contributed by atoms with van der Waals surface area (Å²) in [6, 6.07) is 6.24. The van der Waals surface area contributed by atoms with E-state index in [2.05, 4.69) is 42.3 Å². The molecule has 0 radical (unpaired) electrons. The lowest BCUT2D eigenvalue weighted by Gasteiger charge is -2.26. The second-order valence-corrected chi connectivity index (χ2v) is 5.76. The Kier molecular flexibility index (Phi) is 6.21. The van der Waals surface area contributed by atoms with E-state index in [4.69, 9.17) is 4.74 Å². The number of carbonyl (C=O) groups is 1. The molecular weight excluding hydrogens is 264 g/mol. The molecule has 1 aliphatic rings. The van der Waals surface area contributed by atoms with Crippen molar-refractivity contribution in [1.29, 1.82) is 0 Å². The van der Waals surface area contributed by atoms with Crippen LogP contribution in [-0.2, 0) is 16.0 Å². The van der Waals surface area contributed by atoms with Gasteiger partial charge >= 0.3 is 0 Å². The van der Waals surface area contributed by atoms with E-state index in [0.29, 0.717) is 6.42 Å². The molecule has 1 saturated heterocycles. The monoisotopic (exact) mass is 290 g/mol. The van der Waals surface area contributed by atoms with Gasteiger partial charge in [-0.15, -0.1) is 0 Å². The van der Waals surface area contributed by atoms with Crippen LogP contribution in [0.25, 0.3) is 0 Å². The molecule has 0 aromatic heterocycles. The van der Waals surface area contributed by atoms with Gasteiger partial charge < -0.3 is 10.1 Å². The van der Waals surface area contributed by atoms with Crippen molar-refractivity contribution in [3.05, 3.63) is 34.9 Å². The number of nitrogens with zero attached hydrogens (tertiary/aromatic N) is 1. The van der Waals surface area contributed by atoms with Gasteiger partial charge in [-0.05, 0) is 37.9 Å². The van der Waals surface area contributed by atoms with E-state index in [1.54, 1.807) is 0 Å². The zero-order valence-electron chi connectivity index (χ0n) is 13.2. The van der Waals surface area contributed by atoms with E-state index in [1.165, 1.54) is 11.1 Å². The second kappa shape index (κ2) is 8.15. The highest BCUT2D eigenvalue weighted by molar-refractivity contribution is 5.78. The summed E-state index contributed by atoms with van der Waals surface area (Å²) in [5.74, 6) is 0.115. The molecule has 4 heteroatoms. The Hall–Kier alpha value is -1.39. The van der Waals surface area contributed by atoms with E-state index in [-0.39, 0.29) is 5.91 Å². The molecule has 1 heterocycles. The maximum Gasteiger partial charge on any atom is 0.224 e. The topological polar surface area (TPSA) is 41.6 Å². The molecule has 1 aromatic carbocycles. The van der Waals surface area contributed by atoms with Crippen molar-refractivity contribution in [2.24, 2.45) is 0 Å². The first-order valence-electron chi connectivity index (χ1n) is 7.78. The number of hydrogen-bond donors (Lipinski definition) is 1. The number of amides is 1. The van der Waals surface area contributed by atoms with E-state index in [9.17, 15) is 4.79 Å². The Bertz CT molecular complexity index is 468. The maximum absolute atomic E-state index is 12.0. The summed E-state index contributed by atoms with van der Waals surface area (Å²) in [6.45, 7) is 9.61. The van der Waals surface area contributed by atoms with Crippen LogP contribution in [0.4, 0.5) is 0 Å². The normalized spacial score (nSPS) is 15.9. The molecule has 0 unspecified atom stereocenters. The summed E-state index contributed by atoms with van der Waals surface area (Å²) >= 11 is 0. The Morgan fingerprint density at radius 3 is 2.76 bits per heavy atom. The molecule has 1 aliphatic heterocycles. The van der Waals surface area contributed by atoms with Gasteiger partial charge in [0.2, 0.25) is 5.91 Å². The van der Waals surface area contributed by atoms with Crippen molar-refractivity contribution in [3.8, 4) is 0 Å². The van der Waals surface area contributed by atoms with Gasteiger partial charge in [0, 0.05) is 19.6 Å². The van der Waals surface area contributed by atoms with Gasteiger partial charge in [-0.3, -0.25) is 9.69 Å². The zero-order valence-corrected chi connectivity index (χ0v) is 13.2. The first kappa shape index (κ1) is 16.0. The van der Waals surface area contributed by atoms with E-state index in [0.717, 1.165) is 51.4 Å². The fourth-order valence-electron chi connectivity index (χ4n) is 2.63. The van der Waals surface area contributed by atoms with E-state index >= 15 is 0 Å².